The largest absolute Gasteiger partial charge is 0.493 e. The van der Waals surface area contributed by atoms with Crippen molar-refractivity contribution in [1.82, 2.24) is 0 Å². The second-order valence-corrected chi connectivity index (χ2v) is 3.88. The number of rotatable bonds is 9. The van der Waals surface area contributed by atoms with Gasteiger partial charge >= 0.3 is 0 Å². The van der Waals surface area contributed by atoms with E-state index < -0.39 is 0 Å². The average Bonchev–Trinajstić information content (AvgIpc) is 2.25. The highest BCUT2D eigenvalue weighted by Crippen LogP contribution is 2.14. The SMILES string of the molecule is CCCCCC(=C=COCC)CCCC. The molecule has 0 atom stereocenters. The van der Waals surface area contributed by atoms with E-state index >= 15 is 0 Å². The standard InChI is InChI=1S/C14H26O/c1-4-7-9-11-14(10-8-5-2)12-13-15-6-3/h13H,4-11H2,1-3H3. The molecule has 0 bridgehead atoms. The molecule has 0 spiro atoms. The molecule has 0 aliphatic heterocycles. The van der Waals surface area contributed by atoms with Gasteiger partial charge in [0, 0.05) is 0 Å². The van der Waals surface area contributed by atoms with Gasteiger partial charge in [-0.15, -0.1) is 0 Å². The zero-order valence-corrected chi connectivity index (χ0v) is 10.6. The summed E-state index contributed by atoms with van der Waals surface area (Å²) in [6.07, 6.45) is 10.5. The fourth-order valence-electron chi connectivity index (χ4n) is 1.46. The van der Waals surface area contributed by atoms with Crippen LogP contribution < -0.4 is 0 Å². The molecule has 1 heteroatoms. The summed E-state index contributed by atoms with van der Waals surface area (Å²) in [5, 5.41) is 0. The van der Waals surface area contributed by atoms with Crippen LogP contribution in [0.2, 0.25) is 0 Å². The molecule has 0 N–H and O–H groups in total. The van der Waals surface area contributed by atoms with E-state index in [4.69, 9.17) is 4.74 Å². The molecule has 0 unspecified atom stereocenters. The van der Waals surface area contributed by atoms with E-state index in [0.717, 1.165) is 6.61 Å². The Bertz CT molecular complexity index is 188. The molecule has 0 aromatic carbocycles. The fraction of sp³-hybridized carbons (Fsp3) is 0.786. The van der Waals surface area contributed by atoms with E-state index in [1.165, 1.54) is 50.5 Å². The molecule has 1 nitrogen and oxygen atoms in total. The van der Waals surface area contributed by atoms with Crippen molar-refractivity contribution in [3.05, 3.63) is 17.6 Å². The molecule has 0 heterocycles. The van der Waals surface area contributed by atoms with Gasteiger partial charge in [-0.2, -0.15) is 0 Å². The third kappa shape index (κ3) is 9.62. The van der Waals surface area contributed by atoms with Crippen LogP contribution in [0.5, 0.6) is 0 Å². The van der Waals surface area contributed by atoms with Crippen LogP contribution >= 0.6 is 0 Å². The van der Waals surface area contributed by atoms with Crippen LogP contribution in [-0.4, -0.2) is 6.61 Å². The lowest BCUT2D eigenvalue weighted by Crippen LogP contribution is -1.85. The summed E-state index contributed by atoms with van der Waals surface area (Å²) in [7, 11) is 0. The van der Waals surface area contributed by atoms with Gasteiger partial charge in [-0.1, -0.05) is 38.8 Å². The van der Waals surface area contributed by atoms with Crippen molar-refractivity contribution in [2.45, 2.75) is 65.7 Å². The van der Waals surface area contributed by atoms with Crippen molar-refractivity contribution < 1.29 is 4.74 Å². The first kappa shape index (κ1) is 14.3. The van der Waals surface area contributed by atoms with Crippen molar-refractivity contribution in [3.63, 3.8) is 0 Å². The molecule has 0 radical (unpaired) electrons. The lowest BCUT2D eigenvalue weighted by Gasteiger charge is -2.03. The van der Waals surface area contributed by atoms with Crippen LogP contribution in [0.25, 0.3) is 0 Å². The van der Waals surface area contributed by atoms with Gasteiger partial charge in [0.2, 0.25) is 0 Å². The maximum atomic E-state index is 5.19. The molecule has 15 heavy (non-hydrogen) atoms. The minimum Gasteiger partial charge on any atom is -0.493 e. The van der Waals surface area contributed by atoms with E-state index in [-0.39, 0.29) is 0 Å². The van der Waals surface area contributed by atoms with Crippen LogP contribution in [0.15, 0.2) is 17.6 Å². The maximum absolute atomic E-state index is 5.19. The molecule has 88 valence electrons. The van der Waals surface area contributed by atoms with Gasteiger partial charge in [-0.05, 0) is 38.2 Å². The predicted octanol–water partition coefficient (Wildman–Crippen LogP) is 4.83. The first-order valence-electron chi connectivity index (χ1n) is 6.39. The molecule has 0 rings (SSSR count). The Labute approximate surface area is 95.2 Å². The fourth-order valence-corrected chi connectivity index (χ4v) is 1.46. The minimum absolute atomic E-state index is 0.739. The van der Waals surface area contributed by atoms with Gasteiger partial charge < -0.3 is 4.74 Å². The molecule has 0 aromatic rings. The van der Waals surface area contributed by atoms with Crippen molar-refractivity contribution in [1.29, 1.82) is 0 Å². The summed E-state index contributed by atoms with van der Waals surface area (Å²) in [5.74, 6) is 0. The third-order valence-electron chi connectivity index (χ3n) is 2.43. The first-order valence-corrected chi connectivity index (χ1v) is 6.39. The Kier molecular flexibility index (Phi) is 10.9. The number of hydrogen-bond acceptors (Lipinski definition) is 1. The highest BCUT2D eigenvalue weighted by Gasteiger charge is 1.96. The second-order valence-electron chi connectivity index (χ2n) is 3.88. The predicted molar refractivity (Wildman–Crippen MR) is 66.9 cm³/mol. The normalized spacial score (nSPS) is 9.53. The maximum Gasteiger partial charge on any atom is 0.125 e. The molecule has 0 aliphatic rings. The Hall–Kier alpha value is -0.680. The highest BCUT2D eigenvalue weighted by atomic mass is 16.5. The van der Waals surface area contributed by atoms with E-state index in [9.17, 15) is 0 Å². The summed E-state index contributed by atoms with van der Waals surface area (Å²) in [5.41, 5.74) is 4.71. The zero-order valence-electron chi connectivity index (χ0n) is 10.6. The topological polar surface area (TPSA) is 9.23 Å². The minimum atomic E-state index is 0.739. The van der Waals surface area contributed by atoms with Crippen molar-refractivity contribution >= 4 is 0 Å². The Morgan fingerprint density at radius 1 is 1.00 bits per heavy atom. The van der Waals surface area contributed by atoms with E-state index in [2.05, 4.69) is 19.6 Å². The first-order chi connectivity index (χ1) is 7.35. The molecule has 0 saturated heterocycles. The van der Waals surface area contributed by atoms with Gasteiger partial charge in [0.15, 0.2) is 0 Å². The molecule has 0 saturated carbocycles. The highest BCUT2D eigenvalue weighted by molar-refractivity contribution is 5.00. The smallest absolute Gasteiger partial charge is 0.125 e. The molecule has 0 aromatic heterocycles. The van der Waals surface area contributed by atoms with Gasteiger partial charge in [-0.25, -0.2) is 0 Å². The Morgan fingerprint density at radius 3 is 2.27 bits per heavy atom. The molecule has 0 aliphatic carbocycles. The van der Waals surface area contributed by atoms with Crippen LogP contribution in [0.4, 0.5) is 0 Å². The number of ether oxygens (including phenoxy) is 1. The molecule has 0 fully saturated rings. The van der Waals surface area contributed by atoms with Gasteiger partial charge in [0.05, 0.1) is 6.61 Å². The van der Waals surface area contributed by atoms with E-state index in [0.29, 0.717) is 0 Å². The summed E-state index contributed by atoms with van der Waals surface area (Å²) in [6, 6.07) is 0. The van der Waals surface area contributed by atoms with E-state index in [1.807, 2.05) is 6.92 Å². The summed E-state index contributed by atoms with van der Waals surface area (Å²) >= 11 is 0. The van der Waals surface area contributed by atoms with Crippen LogP contribution in [0.3, 0.4) is 0 Å². The number of unbranched alkanes of at least 4 members (excludes halogenated alkanes) is 3. The van der Waals surface area contributed by atoms with Gasteiger partial charge in [0.25, 0.3) is 0 Å². The quantitative estimate of drug-likeness (QED) is 0.301. The van der Waals surface area contributed by atoms with Gasteiger partial charge in [0.1, 0.15) is 6.26 Å². The second kappa shape index (κ2) is 11.4. The van der Waals surface area contributed by atoms with Crippen LogP contribution in [0.1, 0.15) is 65.7 Å². The van der Waals surface area contributed by atoms with Crippen LogP contribution in [0, 0.1) is 0 Å². The summed E-state index contributed by atoms with van der Waals surface area (Å²) in [6.45, 7) is 7.21. The van der Waals surface area contributed by atoms with E-state index in [1.54, 1.807) is 6.26 Å². The number of hydrogen-bond donors (Lipinski definition) is 0. The Morgan fingerprint density at radius 2 is 1.67 bits per heavy atom. The summed E-state index contributed by atoms with van der Waals surface area (Å²) in [4.78, 5) is 0. The molecular weight excluding hydrogens is 184 g/mol. The lowest BCUT2D eigenvalue weighted by molar-refractivity contribution is 0.269. The molecule has 0 amide bonds. The van der Waals surface area contributed by atoms with Crippen molar-refractivity contribution in [2.75, 3.05) is 6.61 Å². The summed E-state index contributed by atoms with van der Waals surface area (Å²) < 4.78 is 5.19. The van der Waals surface area contributed by atoms with Crippen molar-refractivity contribution in [3.8, 4) is 0 Å². The van der Waals surface area contributed by atoms with Crippen molar-refractivity contribution in [2.24, 2.45) is 0 Å². The van der Waals surface area contributed by atoms with Crippen LogP contribution in [-0.2, 0) is 4.74 Å². The average molecular weight is 210 g/mol. The molecular formula is C14H26O. The lowest BCUT2D eigenvalue weighted by atomic mass is 10.0. The monoisotopic (exact) mass is 210 g/mol. The number of allylic oxidation sites excluding steroid dienone is 1. The van der Waals surface area contributed by atoms with Gasteiger partial charge in [-0.3, -0.25) is 0 Å². The Balaban J connectivity index is 3.98. The zero-order chi connectivity index (χ0) is 11.4. The third-order valence-corrected chi connectivity index (χ3v) is 2.43.